The minimum atomic E-state index is 0.436. The summed E-state index contributed by atoms with van der Waals surface area (Å²) in [6.45, 7) is 2.15. The molecule has 0 radical (unpaired) electrons. The molecule has 1 aliphatic heterocycles. The van der Waals surface area contributed by atoms with Gasteiger partial charge in [-0.2, -0.15) is 0 Å². The summed E-state index contributed by atoms with van der Waals surface area (Å²) in [7, 11) is 2.11. The van der Waals surface area contributed by atoms with Crippen LogP contribution in [0.25, 0.3) is 0 Å². The van der Waals surface area contributed by atoms with Gasteiger partial charge in [0.25, 0.3) is 0 Å². The van der Waals surface area contributed by atoms with E-state index in [4.69, 9.17) is 17.3 Å². The van der Waals surface area contributed by atoms with E-state index < -0.39 is 0 Å². The zero-order valence-electron chi connectivity index (χ0n) is 8.70. The molecule has 0 spiro atoms. The van der Waals surface area contributed by atoms with Gasteiger partial charge in [-0.1, -0.05) is 11.6 Å². The van der Waals surface area contributed by atoms with E-state index in [1.54, 1.807) is 12.3 Å². The molecule has 0 bridgehead atoms. The zero-order chi connectivity index (χ0) is 10.8. The van der Waals surface area contributed by atoms with E-state index in [-0.39, 0.29) is 0 Å². The van der Waals surface area contributed by atoms with E-state index in [0.717, 1.165) is 25.3 Å². The number of hydrogen-bond donors (Lipinski definition) is 2. The second-order valence-corrected chi connectivity index (χ2v) is 4.42. The minimum absolute atomic E-state index is 0.436. The predicted octanol–water partition coefficient (Wildman–Crippen LogP) is 1.43. The van der Waals surface area contributed by atoms with Gasteiger partial charge in [0.05, 0.1) is 10.7 Å². The first kappa shape index (κ1) is 10.5. The lowest BCUT2D eigenvalue weighted by atomic mass is 10.2. The van der Waals surface area contributed by atoms with Gasteiger partial charge in [-0.15, -0.1) is 0 Å². The van der Waals surface area contributed by atoms with Crippen molar-refractivity contribution in [3.05, 3.63) is 17.3 Å². The average Bonchev–Trinajstić information content (AvgIpc) is 2.56. The summed E-state index contributed by atoms with van der Waals surface area (Å²) < 4.78 is 0. The van der Waals surface area contributed by atoms with E-state index in [0.29, 0.717) is 16.8 Å². The van der Waals surface area contributed by atoms with Crippen LogP contribution in [0.4, 0.5) is 11.5 Å². The second kappa shape index (κ2) is 4.24. The molecule has 2 heterocycles. The Labute approximate surface area is 94.4 Å². The number of nitrogen functional groups attached to an aromatic ring is 1. The number of pyridine rings is 1. The number of hydrogen-bond acceptors (Lipinski definition) is 4. The van der Waals surface area contributed by atoms with Crippen LogP contribution in [0.3, 0.4) is 0 Å². The number of likely N-dealkylation sites (N-methyl/N-ethyl adjacent to an activating group) is 1. The van der Waals surface area contributed by atoms with Gasteiger partial charge in [-0.25, -0.2) is 4.98 Å². The molecular weight excluding hydrogens is 212 g/mol. The lowest BCUT2D eigenvalue weighted by Gasteiger charge is -2.14. The molecule has 0 aliphatic carbocycles. The molecule has 1 atom stereocenters. The largest absolute Gasteiger partial charge is 0.396 e. The number of nitrogens with one attached hydrogen (secondary N) is 1. The normalized spacial score (nSPS) is 21.9. The molecular formula is C10H15ClN4. The van der Waals surface area contributed by atoms with Gasteiger partial charge in [-0.05, 0) is 26.1 Å². The van der Waals surface area contributed by atoms with Crippen LogP contribution in [0, 0.1) is 0 Å². The summed E-state index contributed by atoms with van der Waals surface area (Å²) in [5.74, 6) is 0.736. The molecule has 1 aromatic heterocycles. The summed E-state index contributed by atoms with van der Waals surface area (Å²) >= 11 is 5.78. The molecule has 15 heavy (non-hydrogen) atoms. The van der Waals surface area contributed by atoms with Gasteiger partial charge in [-0.3, -0.25) is 0 Å². The third kappa shape index (κ3) is 2.52. The Bertz CT molecular complexity index is 355. The topological polar surface area (TPSA) is 54.2 Å². The van der Waals surface area contributed by atoms with Crippen molar-refractivity contribution in [3.8, 4) is 0 Å². The minimum Gasteiger partial charge on any atom is -0.396 e. The molecule has 3 N–H and O–H groups in total. The van der Waals surface area contributed by atoms with Gasteiger partial charge in [0.1, 0.15) is 5.82 Å². The molecule has 2 rings (SSSR count). The molecule has 1 aliphatic rings. The van der Waals surface area contributed by atoms with E-state index in [1.165, 1.54) is 0 Å². The van der Waals surface area contributed by atoms with Crippen LogP contribution in [-0.4, -0.2) is 36.1 Å². The maximum absolute atomic E-state index is 5.81. The molecule has 1 aromatic rings. The predicted molar refractivity (Wildman–Crippen MR) is 63.2 cm³/mol. The number of nitrogens with two attached hydrogens (primary N) is 1. The van der Waals surface area contributed by atoms with E-state index in [9.17, 15) is 0 Å². The molecule has 82 valence electrons. The monoisotopic (exact) mass is 226 g/mol. The first-order chi connectivity index (χ1) is 7.15. The standard InChI is InChI=1S/C10H15ClN4/c1-15-3-2-8(6-15)14-10-9(12)4-7(11)5-13-10/h4-5,8H,2-3,6,12H2,1H3,(H,13,14). The Hall–Kier alpha value is -1.00. The van der Waals surface area contributed by atoms with Crippen molar-refractivity contribution >= 4 is 23.1 Å². The van der Waals surface area contributed by atoms with Crippen LogP contribution in [-0.2, 0) is 0 Å². The Morgan fingerprint density at radius 1 is 1.67 bits per heavy atom. The molecule has 5 heteroatoms. The fraction of sp³-hybridized carbons (Fsp3) is 0.500. The third-order valence-corrected chi connectivity index (χ3v) is 2.82. The number of likely N-dealkylation sites (tertiary alicyclic amines) is 1. The van der Waals surface area contributed by atoms with Gasteiger partial charge in [0.15, 0.2) is 0 Å². The lowest BCUT2D eigenvalue weighted by molar-refractivity contribution is 0.414. The van der Waals surface area contributed by atoms with Gasteiger partial charge in [0.2, 0.25) is 0 Å². The molecule has 0 saturated carbocycles. The van der Waals surface area contributed by atoms with E-state index >= 15 is 0 Å². The highest BCUT2D eigenvalue weighted by Crippen LogP contribution is 2.21. The molecule has 0 amide bonds. The van der Waals surface area contributed by atoms with Gasteiger partial charge in [0, 0.05) is 18.8 Å². The number of halogens is 1. The first-order valence-corrected chi connectivity index (χ1v) is 5.39. The summed E-state index contributed by atoms with van der Waals surface area (Å²) in [6, 6.07) is 2.15. The molecule has 0 aromatic carbocycles. The highest BCUT2D eigenvalue weighted by atomic mass is 35.5. The highest BCUT2D eigenvalue weighted by molar-refractivity contribution is 6.30. The lowest BCUT2D eigenvalue weighted by Crippen LogP contribution is -2.24. The molecule has 1 fully saturated rings. The summed E-state index contributed by atoms with van der Waals surface area (Å²) in [4.78, 5) is 6.46. The van der Waals surface area contributed by atoms with Gasteiger partial charge >= 0.3 is 0 Å². The third-order valence-electron chi connectivity index (χ3n) is 2.62. The quantitative estimate of drug-likeness (QED) is 0.801. The van der Waals surface area contributed by atoms with Gasteiger partial charge < -0.3 is 16.0 Å². The fourth-order valence-electron chi connectivity index (χ4n) is 1.82. The van der Waals surface area contributed by atoms with Crippen molar-refractivity contribution in [3.63, 3.8) is 0 Å². The Balaban J connectivity index is 2.04. The van der Waals surface area contributed by atoms with Crippen LogP contribution in [0.1, 0.15) is 6.42 Å². The summed E-state index contributed by atoms with van der Waals surface area (Å²) in [5.41, 5.74) is 6.42. The number of anilines is 2. The first-order valence-electron chi connectivity index (χ1n) is 5.01. The van der Waals surface area contributed by atoms with Crippen LogP contribution in [0.15, 0.2) is 12.3 Å². The van der Waals surface area contributed by atoms with Crippen LogP contribution in [0.5, 0.6) is 0 Å². The number of aromatic nitrogens is 1. The SMILES string of the molecule is CN1CCC(Nc2ncc(Cl)cc2N)C1. The van der Waals surface area contributed by atoms with Crippen molar-refractivity contribution in [1.82, 2.24) is 9.88 Å². The van der Waals surface area contributed by atoms with E-state index in [2.05, 4.69) is 22.2 Å². The fourth-order valence-corrected chi connectivity index (χ4v) is 1.99. The van der Waals surface area contributed by atoms with Crippen molar-refractivity contribution in [2.45, 2.75) is 12.5 Å². The second-order valence-electron chi connectivity index (χ2n) is 3.98. The average molecular weight is 227 g/mol. The Kier molecular flexibility index (Phi) is 2.98. The number of rotatable bonds is 2. The van der Waals surface area contributed by atoms with Crippen molar-refractivity contribution in [2.75, 3.05) is 31.2 Å². The maximum Gasteiger partial charge on any atom is 0.149 e. The van der Waals surface area contributed by atoms with E-state index in [1.807, 2.05) is 0 Å². The van der Waals surface area contributed by atoms with Crippen molar-refractivity contribution in [1.29, 1.82) is 0 Å². The zero-order valence-corrected chi connectivity index (χ0v) is 9.46. The number of nitrogens with zero attached hydrogens (tertiary/aromatic N) is 2. The summed E-state index contributed by atoms with van der Waals surface area (Å²) in [6.07, 6.45) is 2.74. The molecule has 1 saturated heterocycles. The summed E-state index contributed by atoms with van der Waals surface area (Å²) in [5, 5.41) is 3.90. The maximum atomic E-state index is 5.81. The molecule has 4 nitrogen and oxygen atoms in total. The Morgan fingerprint density at radius 2 is 2.47 bits per heavy atom. The Morgan fingerprint density at radius 3 is 3.07 bits per heavy atom. The van der Waals surface area contributed by atoms with Crippen molar-refractivity contribution < 1.29 is 0 Å². The van der Waals surface area contributed by atoms with Crippen LogP contribution in [0.2, 0.25) is 5.02 Å². The van der Waals surface area contributed by atoms with Crippen LogP contribution < -0.4 is 11.1 Å². The molecule has 1 unspecified atom stereocenters. The smallest absolute Gasteiger partial charge is 0.149 e. The highest BCUT2D eigenvalue weighted by Gasteiger charge is 2.19. The van der Waals surface area contributed by atoms with Crippen LogP contribution >= 0.6 is 11.6 Å². The van der Waals surface area contributed by atoms with Crippen molar-refractivity contribution in [2.24, 2.45) is 0 Å².